The molecule has 1 aromatic rings. The van der Waals surface area contributed by atoms with Gasteiger partial charge < -0.3 is 20.5 Å². The summed E-state index contributed by atoms with van der Waals surface area (Å²) in [6.45, 7) is 2.76. The Kier molecular flexibility index (Phi) is 8.39. The van der Waals surface area contributed by atoms with Crippen molar-refractivity contribution >= 4 is 11.8 Å². The molecule has 2 rings (SSSR count). The van der Waals surface area contributed by atoms with Crippen LogP contribution in [0.15, 0.2) is 18.2 Å². The van der Waals surface area contributed by atoms with Gasteiger partial charge in [-0.15, -0.1) is 0 Å². The fraction of sp³-hybridized carbons (Fsp3) is 0.600. The molecule has 0 radical (unpaired) electrons. The molecule has 3 N–H and O–H groups in total. The molecule has 1 atom stereocenters. The molecule has 2 amide bonds. The number of methoxy groups -OCH3 is 2. The number of ether oxygens (including phenoxy) is 2. The number of nitrogens with zero attached hydrogens (tertiary/aromatic N) is 1. The zero-order valence-electron chi connectivity index (χ0n) is 16.3. The Morgan fingerprint density at radius 3 is 2.74 bits per heavy atom. The Morgan fingerprint density at radius 1 is 1.26 bits per heavy atom. The molecule has 0 bridgehead atoms. The van der Waals surface area contributed by atoms with Gasteiger partial charge >= 0.3 is 0 Å². The average Bonchev–Trinajstić information content (AvgIpc) is 2.66. The lowest BCUT2D eigenvalue weighted by atomic mass is 9.93. The molecule has 7 heteroatoms. The number of likely N-dealkylation sites (tertiary alicyclic amines) is 1. The van der Waals surface area contributed by atoms with Crippen LogP contribution < -0.4 is 20.5 Å². The summed E-state index contributed by atoms with van der Waals surface area (Å²) in [5.41, 5.74) is 6.31. The summed E-state index contributed by atoms with van der Waals surface area (Å²) in [5.74, 6) is 1.62. The van der Waals surface area contributed by atoms with E-state index in [2.05, 4.69) is 10.2 Å². The van der Waals surface area contributed by atoms with Gasteiger partial charge in [0.2, 0.25) is 11.8 Å². The Morgan fingerprint density at radius 2 is 2.04 bits per heavy atom. The van der Waals surface area contributed by atoms with Crippen LogP contribution in [0, 0.1) is 5.92 Å². The number of primary amides is 1. The molecule has 1 aliphatic heterocycles. The van der Waals surface area contributed by atoms with Crippen LogP contribution in [0.25, 0.3) is 0 Å². The fourth-order valence-electron chi connectivity index (χ4n) is 3.52. The molecule has 1 fully saturated rings. The van der Waals surface area contributed by atoms with Crippen molar-refractivity contribution in [2.24, 2.45) is 11.7 Å². The number of hydrogen-bond donors (Lipinski definition) is 2. The van der Waals surface area contributed by atoms with Crippen LogP contribution in [0.5, 0.6) is 11.5 Å². The molecule has 0 aromatic heterocycles. The van der Waals surface area contributed by atoms with Gasteiger partial charge in [0.05, 0.1) is 20.8 Å². The van der Waals surface area contributed by atoms with E-state index < -0.39 is 0 Å². The molecular weight excluding hydrogens is 346 g/mol. The lowest BCUT2D eigenvalue weighted by molar-refractivity contribution is -0.123. The van der Waals surface area contributed by atoms with E-state index in [-0.39, 0.29) is 11.8 Å². The van der Waals surface area contributed by atoms with Gasteiger partial charge in [0.15, 0.2) is 11.5 Å². The van der Waals surface area contributed by atoms with Crippen molar-refractivity contribution in [2.75, 3.05) is 40.4 Å². The highest BCUT2D eigenvalue weighted by atomic mass is 16.5. The highest BCUT2D eigenvalue weighted by Crippen LogP contribution is 2.27. The number of piperidine rings is 1. The van der Waals surface area contributed by atoms with Crippen molar-refractivity contribution in [1.82, 2.24) is 10.2 Å². The monoisotopic (exact) mass is 377 g/mol. The third-order valence-corrected chi connectivity index (χ3v) is 4.95. The molecule has 0 spiro atoms. The fourth-order valence-corrected chi connectivity index (χ4v) is 3.52. The highest BCUT2D eigenvalue weighted by Gasteiger charge is 2.21. The maximum absolute atomic E-state index is 12.2. The number of hydrogen-bond acceptors (Lipinski definition) is 5. The normalized spacial score (nSPS) is 17.3. The number of nitrogens with one attached hydrogen (secondary N) is 1. The van der Waals surface area contributed by atoms with Crippen LogP contribution in [0.2, 0.25) is 0 Å². The van der Waals surface area contributed by atoms with Gasteiger partial charge in [0, 0.05) is 19.5 Å². The number of carbonyl (C=O) groups is 2. The largest absolute Gasteiger partial charge is 0.493 e. The van der Waals surface area contributed by atoms with Gasteiger partial charge in [-0.2, -0.15) is 0 Å². The van der Waals surface area contributed by atoms with E-state index in [0.717, 1.165) is 44.3 Å². The van der Waals surface area contributed by atoms with Gasteiger partial charge in [-0.25, -0.2) is 0 Å². The first-order valence-electron chi connectivity index (χ1n) is 9.50. The smallest absolute Gasteiger partial charge is 0.234 e. The van der Waals surface area contributed by atoms with E-state index in [1.54, 1.807) is 14.2 Å². The summed E-state index contributed by atoms with van der Waals surface area (Å²) < 4.78 is 10.5. The van der Waals surface area contributed by atoms with Crippen LogP contribution in [-0.4, -0.2) is 57.1 Å². The Hall–Kier alpha value is -2.28. The molecule has 1 unspecified atom stereocenters. The molecule has 0 saturated carbocycles. The van der Waals surface area contributed by atoms with E-state index in [4.69, 9.17) is 15.2 Å². The molecule has 0 aliphatic carbocycles. The minimum Gasteiger partial charge on any atom is -0.493 e. The first kappa shape index (κ1) is 21.0. The number of nitrogens with two attached hydrogens (primary N) is 1. The SMILES string of the molecule is COc1ccc(CCNC(=O)CN2CCCC(CCC(N)=O)C2)cc1OC. The zero-order chi connectivity index (χ0) is 19.6. The number of benzene rings is 1. The lowest BCUT2D eigenvalue weighted by Crippen LogP contribution is -2.43. The molecule has 1 aromatic carbocycles. The van der Waals surface area contributed by atoms with Crippen LogP contribution in [0.4, 0.5) is 0 Å². The third kappa shape index (κ3) is 7.09. The average molecular weight is 377 g/mol. The summed E-state index contributed by atoms with van der Waals surface area (Å²) in [4.78, 5) is 25.3. The van der Waals surface area contributed by atoms with E-state index in [9.17, 15) is 9.59 Å². The van der Waals surface area contributed by atoms with Crippen molar-refractivity contribution < 1.29 is 19.1 Å². The summed E-state index contributed by atoms with van der Waals surface area (Å²) in [7, 11) is 3.22. The predicted molar refractivity (Wildman–Crippen MR) is 104 cm³/mol. The molecule has 7 nitrogen and oxygen atoms in total. The van der Waals surface area contributed by atoms with E-state index in [1.807, 2.05) is 18.2 Å². The van der Waals surface area contributed by atoms with Crippen molar-refractivity contribution in [3.8, 4) is 11.5 Å². The van der Waals surface area contributed by atoms with Gasteiger partial charge in [0.25, 0.3) is 0 Å². The van der Waals surface area contributed by atoms with Gasteiger partial charge in [-0.1, -0.05) is 6.07 Å². The van der Waals surface area contributed by atoms with E-state index >= 15 is 0 Å². The number of carbonyl (C=O) groups excluding carboxylic acids is 2. The Bertz CT molecular complexity index is 636. The van der Waals surface area contributed by atoms with Crippen LogP contribution in [-0.2, 0) is 16.0 Å². The first-order valence-corrected chi connectivity index (χ1v) is 9.50. The molecule has 150 valence electrons. The summed E-state index contributed by atoms with van der Waals surface area (Å²) in [5, 5.41) is 2.98. The molecule has 27 heavy (non-hydrogen) atoms. The summed E-state index contributed by atoms with van der Waals surface area (Å²) in [6, 6.07) is 5.77. The quantitative estimate of drug-likeness (QED) is 0.642. The third-order valence-electron chi connectivity index (χ3n) is 4.95. The second-order valence-electron chi connectivity index (χ2n) is 7.04. The minimum atomic E-state index is -0.250. The predicted octanol–water partition coefficient (Wildman–Crippen LogP) is 1.34. The van der Waals surface area contributed by atoms with Gasteiger partial charge in [-0.3, -0.25) is 14.5 Å². The molecular formula is C20H31N3O4. The van der Waals surface area contributed by atoms with Crippen molar-refractivity contribution in [3.63, 3.8) is 0 Å². The zero-order valence-corrected chi connectivity index (χ0v) is 16.3. The molecule has 1 saturated heterocycles. The number of rotatable bonds is 10. The maximum atomic E-state index is 12.2. The second kappa shape index (κ2) is 10.8. The summed E-state index contributed by atoms with van der Waals surface area (Å²) in [6.07, 6.45) is 4.13. The van der Waals surface area contributed by atoms with E-state index in [0.29, 0.717) is 36.9 Å². The number of amides is 2. The maximum Gasteiger partial charge on any atom is 0.234 e. The van der Waals surface area contributed by atoms with Crippen LogP contribution in [0.3, 0.4) is 0 Å². The minimum absolute atomic E-state index is 0.0334. The van der Waals surface area contributed by atoms with E-state index in [1.165, 1.54) is 0 Å². The highest BCUT2D eigenvalue weighted by molar-refractivity contribution is 5.78. The molecule has 1 aliphatic rings. The van der Waals surface area contributed by atoms with Crippen LogP contribution in [0.1, 0.15) is 31.2 Å². The lowest BCUT2D eigenvalue weighted by Gasteiger charge is -2.32. The second-order valence-corrected chi connectivity index (χ2v) is 7.04. The van der Waals surface area contributed by atoms with Crippen molar-refractivity contribution in [1.29, 1.82) is 0 Å². The van der Waals surface area contributed by atoms with Crippen LogP contribution >= 0.6 is 0 Å². The van der Waals surface area contributed by atoms with Crippen molar-refractivity contribution in [2.45, 2.75) is 32.1 Å². The Labute approximate surface area is 161 Å². The Balaban J connectivity index is 1.72. The van der Waals surface area contributed by atoms with Gasteiger partial charge in [-0.05, 0) is 55.8 Å². The molecule has 1 heterocycles. The standard InChI is InChI=1S/C20H31N3O4/c1-26-17-7-5-15(12-18(17)27-2)9-10-22-20(25)14-23-11-3-4-16(13-23)6-8-19(21)24/h5,7,12,16H,3-4,6,8-11,13-14H2,1-2H3,(H2,21,24)(H,22,25). The topological polar surface area (TPSA) is 93.9 Å². The summed E-state index contributed by atoms with van der Waals surface area (Å²) >= 11 is 0. The van der Waals surface area contributed by atoms with Gasteiger partial charge in [0.1, 0.15) is 0 Å². The first-order chi connectivity index (χ1) is 13.0. The van der Waals surface area contributed by atoms with Crippen molar-refractivity contribution in [3.05, 3.63) is 23.8 Å².